The molecule has 1 aliphatic rings. The second-order valence-corrected chi connectivity index (χ2v) is 8.71. The molecule has 8 heteroatoms. The van der Waals surface area contributed by atoms with E-state index in [1.54, 1.807) is 19.2 Å². The molecule has 0 atom stereocenters. The van der Waals surface area contributed by atoms with Crippen LogP contribution in [0.5, 0.6) is 0 Å². The second kappa shape index (κ2) is 9.23. The molecule has 1 amide bonds. The SMILES string of the molecule is COCCNC(=O)CN(c1ccc(N2CCC(C)CC2)cc1)S(C)(=O)=O. The monoisotopic (exact) mass is 383 g/mol. The topological polar surface area (TPSA) is 79.0 Å². The summed E-state index contributed by atoms with van der Waals surface area (Å²) < 4.78 is 30.3. The summed E-state index contributed by atoms with van der Waals surface area (Å²) in [6.45, 7) is 4.77. The molecule has 0 bridgehead atoms. The lowest BCUT2D eigenvalue weighted by atomic mass is 9.99. The molecule has 146 valence electrons. The zero-order valence-electron chi connectivity index (χ0n) is 15.8. The molecular formula is C18H29N3O4S. The van der Waals surface area contributed by atoms with Crippen molar-refractivity contribution >= 4 is 27.3 Å². The standard InChI is InChI=1S/C18H29N3O4S/c1-15-8-11-20(12-9-15)16-4-6-17(7-5-16)21(26(3,23)24)14-18(22)19-10-13-25-2/h4-7,15H,8-14H2,1-3H3,(H,19,22). The number of piperidine rings is 1. The van der Waals surface area contributed by atoms with Gasteiger partial charge in [0.1, 0.15) is 6.54 Å². The molecule has 0 unspecified atom stereocenters. The molecule has 7 nitrogen and oxygen atoms in total. The van der Waals surface area contributed by atoms with Crippen molar-refractivity contribution in [3.05, 3.63) is 24.3 Å². The second-order valence-electron chi connectivity index (χ2n) is 6.80. The number of nitrogens with zero attached hydrogens (tertiary/aromatic N) is 2. The van der Waals surface area contributed by atoms with Crippen molar-refractivity contribution in [2.45, 2.75) is 19.8 Å². The first-order chi connectivity index (χ1) is 12.3. The average molecular weight is 384 g/mol. The van der Waals surface area contributed by atoms with Crippen molar-refractivity contribution in [1.82, 2.24) is 5.32 Å². The number of hydrogen-bond acceptors (Lipinski definition) is 5. The number of ether oxygens (including phenoxy) is 1. The van der Waals surface area contributed by atoms with E-state index < -0.39 is 10.0 Å². The predicted octanol–water partition coefficient (Wildman–Crippen LogP) is 1.45. The third-order valence-electron chi connectivity index (χ3n) is 4.60. The smallest absolute Gasteiger partial charge is 0.240 e. The fourth-order valence-electron chi connectivity index (χ4n) is 2.98. The maximum absolute atomic E-state index is 12.1. The van der Waals surface area contributed by atoms with Gasteiger partial charge in [-0.25, -0.2) is 8.42 Å². The molecule has 0 aromatic heterocycles. The zero-order chi connectivity index (χ0) is 19.2. The molecule has 26 heavy (non-hydrogen) atoms. The van der Waals surface area contributed by atoms with Gasteiger partial charge in [-0.3, -0.25) is 9.10 Å². The number of hydrogen-bond donors (Lipinski definition) is 1. The summed E-state index contributed by atoms with van der Waals surface area (Å²) in [7, 11) is -2.02. The third-order valence-corrected chi connectivity index (χ3v) is 5.74. The van der Waals surface area contributed by atoms with Crippen molar-refractivity contribution < 1.29 is 17.9 Å². The third kappa shape index (κ3) is 5.88. The number of anilines is 2. The van der Waals surface area contributed by atoms with E-state index in [2.05, 4.69) is 17.1 Å². The van der Waals surface area contributed by atoms with Crippen LogP contribution in [0.3, 0.4) is 0 Å². The Labute approximate surface area is 156 Å². The van der Waals surface area contributed by atoms with Gasteiger partial charge >= 0.3 is 0 Å². The lowest BCUT2D eigenvalue weighted by Crippen LogP contribution is -2.41. The first-order valence-electron chi connectivity index (χ1n) is 8.89. The van der Waals surface area contributed by atoms with Gasteiger partial charge in [-0.15, -0.1) is 0 Å². The molecule has 1 fully saturated rings. The largest absolute Gasteiger partial charge is 0.383 e. The van der Waals surface area contributed by atoms with Crippen LogP contribution in [0.15, 0.2) is 24.3 Å². The average Bonchev–Trinajstić information content (AvgIpc) is 2.60. The minimum atomic E-state index is -3.56. The molecule has 1 aromatic rings. The lowest BCUT2D eigenvalue weighted by molar-refractivity contribution is -0.119. The van der Waals surface area contributed by atoms with Crippen LogP contribution in [0.1, 0.15) is 19.8 Å². The van der Waals surface area contributed by atoms with Gasteiger partial charge in [0.25, 0.3) is 0 Å². The van der Waals surface area contributed by atoms with Gasteiger partial charge in [0.15, 0.2) is 0 Å². The van der Waals surface area contributed by atoms with Gasteiger partial charge < -0.3 is 15.0 Å². The van der Waals surface area contributed by atoms with Gasteiger partial charge in [-0.1, -0.05) is 6.92 Å². The van der Waals surface area contributed by atoms with Gasteiger partial charge in [-0.05, 0) is 43.0 Å². The number of amides is 1. The summed E-state index contributed by atoms with van der Waals surface area (Å²) in [5.41, 5.74) is 1.57. The maximum Gasteiger partial charge on any atom is 0.240 e. The molecule has 1 saturated heterocycles. The number of carbonyl (C=O) groups excluding carboxylic acids is 1. The van der Waals surface area contributed by atoms with E-state index in [9.17, 15) is 13.2 Å². The Morgan fingerprint density at radius 2 is 1.88 bits per heavy atom. The van der Waals surface area contributed by atoms with Crippen LogP contribution < -0.4 is 14.5 Å². The van der Waals surface area contributed by atoms with Crippen LogP contribution in [0.25, 0.3) is 0 Å². The Balaban J connectivity index is 2.07. The summed E-state index contributed by atoms with van der Waals surface area (Å²) in [6, 6.07) is 7.37. The molecule has 0 saturated carbocycles. The number of carbonyl (C=O) groups is 1. The summed E-state index contributed by atoms with van der Waals surface area (Å²) in [6.07, 6.45) is 3.44. The molecule has 0 spiro atoms. The van der Waals surface area contributed by atoms with E-state index in [0.717, 1.165) is 35.3 Å². The highest BCUT2D eigenvalue weighted by atomic mass is 32.2. The fraction of sp³-hybridized carbons (Fsp3) is 0.611. The number of nitrogens with one attached hydrogen (secondary N) is 1. The first kappa shape index (κ1) is 20.5. The highest BCUT2D eigenvalue weighted by Gasteiger charge is 2.21. The normalized spacial score (nSPS) is 15.7. The number of benzene rings is 1. The van der Waals surface area contributed by atoms with E-state index >= 15 is 0 Å². The van der Waals surface area contributed by atoms with Crippen molar-refractivity contribution in [1.29, 1.82) is 0 Å². The lowest BCUT2D eigenvalue weighted by Gasteiger charge is -2.32. The fourth-order valence-corrected chi connectivity index (χ4v) is 3.83. The summed E-state index contributed by atoms with van der Waals surface area (Å²) in [4.78, 5) is 14.3. The van der Waals surface area contributed by atoms with Crippen molar-refractivity contribution in [2.24, 2.45) is 5.92 Å². The number of rotatable bonds is 8. The first-order valence-corrected chi connectivity index (χ1v) is 10.7. The van der Waals surface area contributed by atoms with Crippen LogP contribution in [-0.2, 0) is 19.6 Å². The van der Waals surface area contributed by atoms with Crippen molar-refractivity contribution in [2.75, 3.05) is 55.4 Å². The minimum Gasteiger partial charge on any atom is -0.383 e. The quantitative estimate of drug-likeness (QED) is 0.688. The number of sulfonamides is 1. The van der Waals surface area contributed by atoms with Gasteiger partial charge in [0, 0.05) is 32.4 Å². The molecule has 0 radical (unpaired) electrons. The molecule has 0 aliphatic carbocycles. The Kier molecular flexibility index (Phi) is 7.28. The molecular weight excluding hydrogens is 354 g/mol. The molecule has 1 heterocycles. The van der Waals surface area contributed by atoms with Crippen molar-refractivity contribution in [3.63, 3.8) is 0 Å². The molecule has 1 aromatic carbocycles. The van der Waals surface area contributed by atoms with Crippen LogP contribution >= 0.6 is 0 Å². The van der Waals surface area contributed by atoms with Crippen LogP contribution in [-0.4, -0.2) is 60.5 Å². The van der Waals surface area contributed by atoms with E-state index in [1.807, 2.05) is 12.1 Å². The highest BCUT2D eigenvalue weighted by Crippen LogP contribution is 2.26. The van der Waals surface area contributed by atoms with Gasteiger partial charge in [0.05, 0.1) is 18.6 Å². The maximum atomic E-state index is 12.1. The van der Waals surface area contributed by atoms with E-state index in [-0.39, 0.29) is 12.5 Å². The van der Waals surface area contributed by atoms with Gasteiger partial charge in [-0.2, -0.15) is 0 Å². The Morgan fingerprint density at radius 1 is 1.27 bits per heavy atom. The van der Waals surface area contributed by atoms with E-state index in [0.29, 0.717) is 18.8 Å². The Morgan fingerprint density at radius 3 is 2.42 bits per heavy atom. The number of methoxy groups -OCH3 is 1. The Bertz CT molecular complexity index is 683. The highest BCUT2D eigenvalue weighted by molar-refractivity contribution is 7.92. The van der Waals surface area contributed by atoms with Crippen LogP contribution in [0, 0.1) is 5.92 Å². The van der Waals surface area contributed by atoms with Crippen LogP contribution in [0.2, 0.25) is 0 Å². The van der Waals surface area contributed by atoms with E-state index in [1.165, 1.54) is 12.8 Å². The summed E-state index contributed by atoms with van der Waals surface area (Å²) >= 11 is 0. The van der Waals surface area contributed by atoms with Crippen molar-refractivity contribution in [3.8, 4) is 0 Å². The van der Waals surface area contributed by atoms with Gasteiger partial charge in [0.2, 0.25) is 15.9 Å². The Hall–Kier alpha value is -1.80. The molecule has 2 rings (SSSR count). The summed E-state index contributed by atoms with van der Waals surface area (Å²) in [5, 5.41) is 2.64. The predicted molar refractivity (Wildman–Crippen MR) is 104 cm³/mol. The molecule has 1 aliphatic heterocycles. The minimum absolute atomic E-state index is 0.247. The van der Waals surface area contributed by atoms with E-state index in [4.69, 9.17) is 4.74 Å². The summed E-state index contributed by atoms with van der Waals surface area (Å²) in [5.74, 6) is 0.393. The zero-order valence-corrected chi connectivity index (χ0v) is 16.6. The molecule has 1 N–H and O–H groups in total. The van der Waals surface area contributed by atoms with Crippen LogP contribution in [0.4, 0.5) is 11.4 Å².